The van der Waals surface area contributed by atoms with Gasteiger partial charge in [-0.2, -0.15) is 0 Å². The molecule has 1 rings (SSSR count). The van der Waals surface area contributed by atoms with Gasteiger partial charge in [0, 0.05) is 11.4 Å². The molecule has 0 atom stereocenters. The molecule has 0 spiro atoms. The van der Waals surface area contributed by atoms with Gasteiger partial charge in [0.1, 0.15) is 5.75 Å². The van der Waals surface area contributed by atoms with Gasteiger partial charge >= 0.3 is 0 Å². The zero-order valence-corrected chi connectivity index (χ0v) is 9.25. The van der Waals surface area contributed by atoms with Crippen LogP contribution in [0.4, 0.5) is 4.39 Å². The maximum atomic E-state index is 11.9. The lowest BCUT2D eigenvalue weighted by Gasteiger charge is -2.10. The number of halogens is 2. The van der Waals surface area contributed by atoms with Crippen LogP contribution >= 0.6 is 11.6 Å². The number of hydrogen-bond donors (Lipinski definition) is 2. The highest BCUT2D eigenvalue weighted by molar-refractivity contribution is 6.30. The van der Waals surface area contributed by atoms with Gasteiger partial charge in [0.2, 0.25) is 0 Å². The summed E-state index contributed by atoms with van der Waals surface area (Å²) in [6.07, 6.45) is 0.280. The zero-order chi connectivity index (χ0) is 12.0. The summed E-state index contributed by atoms with van der Waals surface area (Å²) in [5.74, 6) is 0.295. The van der Waals surface area contributed by atoms with E-state index in [1.165, 1.54) is 6.07 Å². The fourth-order valence-corrected chi connectivity index (χ4v) is 1.28. The molecule has 0 aliphatic carbocycles. The molecule has 0 saturated heterocycles. The van der Waals surface area contributed by atoms with E-state index in [9.17, 15) is 4.39 Å². The van der Waals surface area contributed by atoms with Crippen LogP contribution in [-0.4, -0.2) is 24.3 Å². The van der Waals surface area contributed by atoms with E-state index in [4.69, 9.17) is 27.3 Å². The molecule has 1 aromatic rings. The second kappa shape index (κ2) is 6.17. The van der Waals surface area contributed by atoms with E-state index in [0.717, 1.165) is 0 Å². The molecule has 88 valence electrons. The van der Waals surface area contributed by atoms with E-state index in [1.807, 2.05) is 0 Å². The van der Waals surface area contributed by atoms with Crippen molar-refractivity contribution >= 4 is 17.4 Å². The molecule has 0 aromatic heterocycles. The number of alkyl halides is 1. The second-order valence-electron chi connectivity index (χ2n) is 3.02. The minimum Gasteiger partial charge on any atom is -0.493 e. The molecular formula is C10H12ClFN2O2. The third-order valence-electron chi connectivity index (χ3n) is 1.86. The number of nitrogens with two attached hydrogens (primary N) is 1. The van der Waals surface area contributed by atoms with Crippen LogP contribution in [0.15, 0.2) is 23.4 Å². The summed E-state index contributed by atoms with van der Waals surface area (Å²) in [5, 5.41) is 11.9. The Kier molecular flexibility index (Phi) is 4.85. The molecule has 0 saturated carbocycles. The molecule has 0 aliphatic heterocycles. The third-order valence-corrected chi connectivity index (χ3v) is 2.10. The number of amidine groups is 1. The molecule has 0 aliphatic rings. The minimum absolute atomic E-state index is 0.0769. The van der Waals surface area contributed by atoms with Crippen molar-refractivity contribution in [2.75, 3.05) is 13.3 Å². The number of rotatable bonds is 5. The van der Waals surface area contributed by atoms with E-state index < -0.39 is 6.67 Å². The highest BCUT2D eigenvalue weighted by atomic mass is 35.5. The van der Waals surface area contributed by atoms with Crippen molar-refractivity contribution in [1.82, 2.24) is 0 Å². The van der Waals surface area contributed by atoms with Gasteiger partial charge in [0.15, 0.2) is 5.84 Å². The number of hydrogen-bond acceptors (Lipinski definition) is 3. The van der Waals surface area contributed by atoms with Gasteiger partial charge in [0.25, 0.3) is 0 Å². The summed E-state index contributed by atoms with van der Waals surface area (Å²) in [7, 11) is 0. The molecule has 0 radical (unpaired) electrons. The molecule has 16 heavy (non-hydrogen) atoms. The van der Waals surface area contributed by atoms with Gasteiger partial charge in [-0.1, -0.05) is 16.8 Å². The molecule has 0 fully saturated rings. The first-order valence-electron chi connectivity index (χ1n) is 4.65. The average molecular weight is 247 g/mol. The van der Waals surface area contributed by atoms with Crippen molar-refractivity contribution in [3.8, 4) is 5.75 Å². The predicted octanol–water partition coefficient (Wildman–Crippen LogP) is 2.17. The third kappa shape index (κ3) is 3.27. The SMILES string of the molecule is N/C(=N/O)c1ccc(Cl)cc1OCCCF. The summed E-state index contributed by atoms with van der Waals surface area (Å²) >= 11 is 5.78. The Morgan fingerprint density at radius 2 is 2.31 bits per heavy atom. The number of nitrogens with zero attached hydrogens (tertiary/aromatic N) is 1. The standard InChI is InChI=1S/C10H12ClFN2O2/c11-7-2-3-8(10(13)14-15)9(6-7)16-5-1-4-12/h2-3,6,15H,1,4-5H2,(H2,13,14). The maximum Gasteiger partial charge on any atom is 0.173 e. The first-order valence-corrected chi connectivity index (χ1v) is 5.03. The monoisotopic (exact) mass is 246 g/mol. The summed E-state index contributed by atoms with van der Waals surface area (Å²) in [5.41, 5.74) is 5.87. The predicted molar refractivity (Wildman–Crippen MR) is 60.0 cm³/mol. The van der Waals surface area contributed by atoms with E-state index in [2.05, 4.69) is 5.16 Å². The molecule has 6 heteroatoms. The Morgan fingerprint density at radius 3 is 2.94 bits per heavy atom. The van der Waals surface area contributed by atoms with Crippen molar-refractivity contribution < 1.29 is 14.3 Å². The quantitative estimate of drug-likeness (QED) is 0.275. The Balaban J connectivity index is 2.90. The summed E-state index contributed by atoms with van der Waals surface area (Å²) in [6, 6.07) is 4.70. The maximum absolute atomic E-state index is 11.9. The molecule has 4 nitrogen and oxygen atoms in total. The Labute approximate surface area is 97.5 Å². The molecule has 0 amide bonds. The number of benzene rings is 1. The van der Waals surface area contributed by atoms with Crippen LogP contribution in [0.5, 0.6) is 5.75 Å². The van der Waals surface area contributed by atoms with Crippen LogP contribution in [0.3, 0.4) is 0 Å². The smallest absolute Gasteiger partial charge is 0.173 e. The minimum atomic E-state index is -0.459. The highest BCUT2D eigenvalue weighted by Gasteiger charge is 2.09. The van der Waals surface area contributed by atoms with Crippen LogP contribution < -0.4 is 10.5 Å². The molecule has 1 aromatic carbocycles. The number of oxime groups is 1. The van der Waals surface area contributed by atoms with Crippen molar-refractivity contribution in [2.45, 2.75) is 6.42 Å². The van der Waals surface area contributed by atoms with Crippen LogP contribution in [-0.2, 0) is 0 Å². The highest BCUT2D eigenvalue weighted by Crippen LogP contribution is 2.23. The zero-order valence-electron chi connectivity index (χ0n) is 8.49. The largest absolute Gasteiger partial charge is 0.493 e. The summed E-state index contributed by atoms with van der Waals surface area (Å²) in [4.78, 5) is 0. The van der Waals surface area contributed by atoms with Gasteiger partial charge in [-0.25, -0.2) is 0 Å². The molecule has 3 N–H and O–H groups in total. The van der Waals surface area contributed by atoms with Crippen LogP contribution in [0.25, 0.3) is 0 Å². The Bertz CT molecular complexity index is 385. The lowest BCUT2D eigenvalue weighted by Crippen LogP contribution is -2.15. The van der Waals surface area contributed by atoms with Gasteiger partial charge in [-0.3, -0.25) is 4.39 Å². The van der Waals surface area contributed by atoms with Gasteiger partial charge in [0.05, 0.1) is 18.8 Å². The summed E-state index contributed by atoms with van der Waals surface area (Å²) in [6.45, 7) is -0.248. The summed E-state index contributed by atoms with van der Waals surface area (Å²) < 4.78 is 17.2. The molecule has 0 heterocycles. The van der Waals surface area contributed by atoms with E-state index in [-0.39, 0.29) is 18.9 Å². The normalized spacial score (nSPS) is 11.5. The van der Waals surface area contributed by atoms with Crippen molar-refractivity contribution in [3.05, 3.63) is 28.8 Å². The molecule has 0 bridgehead atoms. The Hall–Kier alpha value is -1.49. The van der Waals surface area contributed by atoms with Gasteiger partial charge < -0.3 is 15.7 Å². The van der Waals surface area contributed by atoms with Crippen molar-refractivity contribution in [1.29, 1.82) is 0 Å². The van der Waals surface area contributed by atoms with Crippen LogP contribution in [0.2, 0.25) is 5.02 Å². The van der Waals surface area contributed by atoms with Gasteiger partial charge in [-0.15, -0.1) is 0 Å². The van der Waals surface area contributed by atoms with E-state index >= 15 is 0 Å². The van der Waals surface area contributed by atoms with E-state index in [1.54, 1.807) is 12.1 Å². The first kappa shape index (κ1) is 12.6. The lowest BCUT2D eigenvalue weighted by atomic mass is 10.2. The second-order valence-corrected chi connectivity index (χ2v) is 3.45. The van der Waals surface area contributed by atoms with E-state index in [0.29, 0.717) is 16.3 Å². The lowest BCUT2D eigenvalue weighted by molar-refractivity contribution is 0.288. The molecular weight excluding hydrogens is 235 g/mol. The van der Waals surface area contributed by atoms with Crippen molar-refractivity contribution in [3.63, 3.8) is 0 Å². The van der Waals surface area contributed by atoms with Crippen LogP contribution in [0, 0.1) is 0 Å². The topological polar surface area (TPSA) is 67.8 Å². The molecule has 0 unspecified atom stereocenters. The first-order chi connectivity index (χ1) is 7.69. The fourth-order valence-electron chi connectivity index (χ4n) is 1.12. The van der Waals surface area contributed by atoms with Gasteiger partial charge in [-0.05, 0) is 18.2 Å². The Morgan fingerprint density at radius 1 is 1.56 bits per heavy atom. The number of ether oxygens (including phenoxy) is 1. The average Bonchev–Trinajstić information content (AvgIpc) is 2.29. The van der Waals surface area contributed by atoms with Crippen LogP contribution in [0.1, 0.15) is 12.0 Å². The van der Waals surface area contributed by atoms with Crippen molar-refractivity contribution in [2.24, 2.45) is 10.9 Å². The fraction of sp³-hybridized carbons (Fsp3) is 0.300.